The second-order valence-electron chi connectivity index (χ2n) is 9.60. The van der Waals surface area contributed by atoms with E-state index in [1.54, 1.807) is 7.05 Å². The van der Waals surface area contributed by atoms with Crippen LogP contribution in [0.5, 0.6) is 0 Å². The normalized spacial score (nSPS) is 15.0. The summed E-state index contributed by atoms with van der Waals surface area (Å²) in [5.74, 6) is 0.269. The highest BCUT2D eigenvalue weighted by atomic mass is 19.4. The summed E-state index contributed by atoms with van der Waals surface area (Å²) in [6, 6.07) is 5.60. The van der Waals surface area contributed by atoms with Gasteiger partial charge in [-0.1, -0.05) is 20.8 Å². The molecule has 0 bridgehead atoms. The summed E-state index contributed by atoms with van der Waals surface area (Å²) in [6.45, 7) is 13.3. The molecule has 3 heterocycles. The molecule has 34 heavy (non-hydrogen) atoms. The van der Waals surface area contributed by atoms with Gasteiger partial charge in [0.1, 0.15) is 0 Å². The summed E-state index contributed by atoms with van der Waals surface area (Å²) >= 11 is 0. The predicted molar refractivity (Wildman–Crippen MR) is 127 cm³/mol. The fourth-order valence-corrected chi connectivity index (χ4v) is 4.64. The van der Waals surface area contributed by atoms with Gasteiger partial charge >= 0.3 is 6.18 Å². The van der Waals surface area contributed by atoms with Gasteiger partial charge in [0.25, 0.3) is 0 Å². The topological polar surface area (TPSA) is 53.5 Å². The van der Waals surface area contributed by atoms with Crippen LogP contribution in [0.2, 0.25) is 0 Å². The second kappa shape index (κ2) is 10.4. The Kier molecular flexibility index (Phi) is 7.93. The lowest BCUT2D eigenvalue weighted by molar-refractivity contribution is -0.141. The summed E-state index contributed by atoms with van der Waals surface area (Å²) in [6.07, 6.45) is -0.947. The molecule has 0 amide bonds. The van der Waals surface area contributed by atoms with Crippen molar-refractivity contribution in [2.75, 3.05) is 0 Å². The van der Waals surface area contributed by atoms with Gasteiger partial charge in [0.2, 0.25) is 0 Å². The van der Waals surface area contributed by atoms with Crippen molar-refractivity contribution in [1.29, 1.82) is 0 Å². The molecule has 0 N–H and O–H groups in total. The zero-order chi connectivity index (χ0) is 25.2. The Balaban J connectivity index is 1.65. The Hall–Kier alpha value is -2.58. The molecule has 0 aromatic carbocycles. The lowest BCUT2D eigenvalue weighted by atomic mass is 9.97. The zero-order valence-electron chi connectivity index (χ0n) is 21.3. The number of aryl methyl sites for hydroxylation is 5. The summed E-state index contributed by atoms with van der Waals surface area (Å²) in [5.41, 5.74) is 4.24. The molecule has 0 aliphatic rings. The number of nitrogens with zero attached hydrogens (tertiary/aromatic N) is 6. The maximum absolute atomic E-state index is 13.0. The Morgan fingerprint density at radius 1 is 0.853 bits per heavy atom. The van der Waals surface area contributed by atoms with E-state index in [1.165, 1.54) is 22.1 Å². The van der Waals surface area contributed by atoms with Gasteiger partial charge in [-0.15, -0.1) is 0 Å². The van der Waals surface area contributed by atoms with E-state index in [0.717, 1.165) is 43.6 Å². The number of hydrogen-bond donors (Lipinski definition) is 0. The maximum Gasteiger partial charge on any atom is 0.435 e. The highest BCUT2D eigenvalue weighted by molar-refractivity contribution is 5.17. The molecule has 0 fully saturated rings. The van der Waals surface area contributed by atoms with Crippen molar-refractivity contribution in [1.82, 2.24) is 29.3 Å². The van der Waals surface area contributed by atoms with Crippen molar-refractivity contribution in [3.8, 4) is 0 Å². The van der Waals surface area contributed by atoms with Gasteiger partial charge in [0.15, 0.2) is 5.69 Å². The molecule has 0 aliphatic carbocycles. The van der Waals surface area contributed by atoms with Gasteiger partial charge < -0.3 is 0 Å². The minimum absolute atomic E-state index is 0.0379. The average molecular weight is 479 g/mol. The lowest BCUT2D eigenvalue weighted by Gasteiger charge is -2.21. The average Bonchev–Trinajstić information content (AvgIpc) is 3.45. The number of halogens is 3. The van der Waals surface area contributed by atoms with Gasteiger partial charge in [-0.05, 0) is 76.5 Å². The van der Waals surface area contributed by atoms with Gasteiger partial charge in [0.05, 0.1) is 11.4 Å². The molecule has 6 nitrogen and oxygen atoms in total. The number of aromatic nitrogens is 6. The summed E-state index contributed by atoms with van der Waals surface area (Å²) in [5, 5.41) is 13.0. The molecule has 3 atom stereocenters. The summed E-state index contributed by atoms with van der Waals surface area (Å²) in [4.78, 5) is 0. The third kappa shape index (κ3) is 5.91. The van der Waals surface area contributed by atoms with E-state index in [-0.39, 0.29) is 12.0 Å². The SMILES string of the molecule is CCc1cc(C)nn1CCC(C)c1cc(C)nn1C(C)CCC(C)c1cc(C(F)(F)F)nn1C. The third-order valence-corrected chi connectivity index (χ3v) is 6.66. The third-order valence-electron chi connectivity index (χ3n) is 6.66. The fourth-order valence-electron chi connectivity index (χ4n) is 4.64. The van der Waals surface area contributed by atoms with Crippen molar-refractivity contribution in [3.63, 3.8) is 0 Å². The first-order valence-electron chi connectivity index (χ1n) is 12.1. The van der Waals surface area contributed by atoms with E-state index >= 15 is 0 Å². The Morgan fingerprint density at radius 2 is 1.50 bits per heavy atom. The van der Waals surface area contributed by atoms with Crippen LogP contribution in [-0.2, 0) is 26.2 Å². The van der Waals surface area contributed by atoms with Crippen molar-refractivity contribution >= 4 is 0 Å². The van der Waals surface area contributed by atoms with Gasteiger partial charge in [0, 0.05) is 36.7 Å². The number of alkyl halides is 3. The van der Waals surface area contributed by atoms with Crippen LogP contribution in [0.15, 0.2) is 18.2 Å². The number of rotatable bonds is 10. The molecule has 0 saturated carbocycles. The van der Waals surface area contributed by atoms with Crippen molar-refractivity contribution in [2.24, 2.45) is 7.05 Å². The monoisotopic (exact) mass is 478 g/mol. The number of hydrogen-bond acceptors (Lipinski definition) is 3. The smallest absolute Gasteiger partial charge is 0.272 e. The van der Waals surface area contributed by atoms with Crippen molar-refractivity contribution < 1.29 is 13.2 Å². The Labute approximate surface area is 200 Å². The van der Waals surface area contributed by atoms with Crippen LogP contribution < -0.4 is 0 Å². The largest absolute Gasteiger partial charge is 0.435 e. The van der Waals surface area contributed by atoms with E-state index in [9.17, 15) is 13.2 Å². The van der Waals surface area contributed by atoms with E-state index in [0.29, 0.717) is 11.6 Å². The van der Waals surface area contributed by atoms with Crippen LogP contribution in [0.4, 0.5) is 13.2 Å². The maximum atomic E-state index is 13.0. The van der Waals surface area contributed by atoms with Crippen LogP contribution in [0, 0.1) is 13.8 Å². The molecule has 9 heteroatoms. The first-order chi connectivity index (χ1) is 15.9. The molecule has 0 aliphatic heterocycles. The summed E-state index contributed by atoms with van der Waals surface area (Å²) < 4.78 is 44.6. The first kappa shape index (κ1) is 26.0. The van der Waals surface area contributed by atoms with E-state index in [1.807, 2.05) is 20.8 Å². The molecule has 3 aromatic heterocycles. The Bertz CT molecular complexity index is 1090. The molecule has 0 saturated heterocycles. The highest BCUT2D eigenvalue weighted by Gasteiger charge is 2.35. The zero-order valence-corrected chi connectivity index (χ0v) is 21.3. The van der Waals surface area contributed by atoms with Gasteiger partial charge in [-0.3, -0.25) is 14.0 Å². The molecule has 188 valence electrons. The molecule has 3 unspecified atom stereocenters. The molecular weight excluding hydrogens is 441 g/mol. The summed E-state index contributed by atoms with van der Waals surface area (Å²) in [7, 11) is 1.58. The molecular formula is C25H37F3N6. The molecule has 3 aromatic rings. The Morgan fingerprint density at radius 3 is 2.12 bits per heavy atom. The first-order valence-corrected chi connectivity index (χ1v) is 12.1. The second-order valence-corrected chi connectivity index (χ2v) is 9.60. The van der Waals surface area contributed by atoms with Crippen LogP contribution in [-0.4, -0.2) is 29.3 Å². The van der Waals surface area contributed by atoms with Gasteiger partial charge in [-0.2, -0.15) is 28.5 Å². The van der Waals surface area contributed by atoms with E-state index < -0.39 is 11.9 Å². The lowest BCUT2D eigenvalue weighted by Crippen LogP contribution is -2.15. The molecule has 0 radical (unpaired) electrons. The van der Waals surface area contributed by atoms with Crippen LogP contribution in [0.3, 0.4) is 0 Å². The van der Waals surface area contributed by atoms with Crippen molar-refractivity contribution in [3.05, 3.63) is 52.4 Å². The fraction of sp³-hybridized carbons (Fsp3) is 0.640. The highest BCUT2D eigenvalue weighted by Crippen LogP contribution is 2.33. The quantitative estimate of drug-likeness (QED) is 0.341. The van der Waals surface area contributed by atoms with Crippen molar-refractivity contribution in [2.45, 2.75) is 97.8 Å². The standard InChI is InChI=1S/C25H37F3N6/c1-8-21-13-18(4)29-33(21)12-11-17(3)23-14-19(5)30-34(23)20(6)10-9-16(2)22-15-24(25(26,27)28)31-32(22)7/h13-17,20H,8-12H2,1-7H3. The minimum Gasteiger partial charge on any atom is -0.272 e. The van der Waals surface area contributed by atoms with E-state index in [4.69, 9.17) is 5.10 Å². The molecule has 3 rings (SSSR count). The molecule has 0 spiro atoms. The minimum atomic E-state index is -4.42. The van der Waals surface area contributed by atoms with Crippen LogP contribution in [0.1, 0.15) is 99.0 Å². The van der Waals surface area contributed by atoms with Crippen LogP contribution in [0.25, 0.3) is 0 Å². The van der Waals surface area contributed by atoms with E-state index in [2.05, 4.69) is 52.5 Å². The van der Waals surface area contributed by atoms with Gasteiger partial charge in [-0.25, -0.2) is 0 Å². The van der Waals surface area contributed by atoms with Crippen LogP contribution >= 0.6 is 0 Å². The predicted octanol–water partition coefficient (Wildman–Crippen LogP) is 6.35.